The van der Waals surface area contributed by atoms with Gasteiger partial charge in [-0.05, 0) is 51.4 Å². The van der Waals surface area contributed by atoms with E-state index < -0.39 is 0 Å². The largest absolute Gasteiger partial charge is 0.378 e. The SMILES string of the molecule is CCCOC1CCC(CC)(N2CCC(N)CC2)CC1. The van der Waals surface area contributed by atoms with Crippen molar-refractivity contribution in [3.8, 4) is 0 Å². The van der Waals surface area contributed by atoms with Crippen LogP contribution >= 0.6 is 0 Å². The number of likely N-dealkylation sites (tertiary alicyclic amines) is 1. The van der Waals surface area contributed by atoms with E-state index >= 15 is 0 Å². The zero-order valence-corrected chi connectivity index (χ0v) is 12.9. The fraction of sp³-hybridized carbons (Fsp3) is 1.00. The standard InChI is InChI=1S/C16H32N2O/c1-3-13-19-15-5-9-16(4-2,10-6-15)18-11-7-14(17)8-12-18/h14-15H,3-13,17H2,1-2H3. The number of rotatable bonds is 5. The van der Waals surface area contributed by atoms with E-state index in [1.54, 1.807) is 0 Å². The van der Waals surface area contributed by atoms with Crippen molar-refractivity contribution in [1.29, 1.82) is 0 Å². The second-order valence-corrected chi connectivity index (χ2v) is 6.47. The Balaban J connectivity index is 1.86. The van der Waals surface area contributed by atoms with Gasteiger partial charge in [0.1, 0.15) is 0 Å². The molecule has 112 valence electrons. The Hall–Kier alpha value is -0.120. The number of hydrogen-bond donors (Lipinski definition) is 1. The lowest BCUT2D eigenvalue weighted by Crippen LogP contribution is -2.55. The first-order valence-electron chi connectivity index (χ1n) is 8.32. The molecule has 0 aromatic rings. The summed E-state index contributed by atoms with van der Waals surface area (Å²) in [6, 6.07) is 0.439. The van der Waals surface area contributed by atoms with Crippen LogP contribution in [0.1, 0.15) is 65.2 Å². The molecule has 0 bridgehead atoms. The van der Waals surface area contributed by atoms with Crippen molar-refractivity contribution in [2.75, 3.05) is 19.7 Å². The van der Waals surface area contributed by atoms with Gasteiger partial charge in [0.15, 0.2) is 0 Å². The van der Waals surface area contributed by atoms with Gasteiger partial charge in [0.05, 0.1) is 6.10 Å². The summed E-state index contributed by atoms with van der Waals surface area (Å²) < 4.78 is 5.94. The Labute approximate surface area is 118 Å². The van der Waals surface area contributed by atoms with Crippen molar-refractivity contribution in [3.63, 3.8) is 0 Å². The van der Waals surface area contributed by atoms with Crippen LogP contribution in [0, 0.1) is 0 Å². The lowest BCUT2D eigenvalue weighted by Gasteiger charge is -2.50. The minimum Gasteiger partial charge on any atom is -0.378 e. The van der Waals surface area contributed by atoms with E-state index in [0.29, 0.717) is 17.7 Å². The number of nitrogens with two attached hydrogens (primary N) is 1. The van der Waals surface area contributed by atoms with Crippen molar-refractivity contribution < 1.29 is 4.74 Å². The third-order valence-corrected chi connectivity index (χ3v) is 5.29. The maximum Gasteiger partial charge on any atom is 0.0576 e. The number of piperidine rings is 1. The minimum absolute atomic E-state index is 0.439. The van der Waals surface area contributed by atoms with Crippen LogP contribution in [0.4, 0.5) is 0 Å². The fourth-order valence-corrected chi connectivity index (χ4v) is 3.85. The van der Waals surface area contributed by atoms with Gasteiger partial charge in [-0.25, -0.2) is 0 Å². The summed E-state index contributed by atoms with van der Waals surface area (Å²) in [6.07, 6.45) is 10.4. The predicted octanol–water partition coefficient (Wildman–Crippen LogP) is 2.93. The normalized spacial score (nSPS) is 34.6. The quantitative estimate of drug-likeness (QED) is 0.833. The van der Waals surface area contributed by atoms with E-state index in [1.165, 1.54) is 58.0 Å². The van der Waals surface area contributed by atoms with E-state index in [4.69, 9.17) is 10.5 Å². The molecule has 0 aromatic carbocycles. The molecule has 3 heteroatoms. The number of hydrogen-bond acceptors (Lipinski definition) is 3. The maximum atomic E-state index is 6.04. The minimum atomic E-state index is 0.439. The van der Waals surface area contributed by atoms with Gasteiger partial charge < -0.3 is 10.5 Å². The molecule has 1 saturated heterocycles. The number of ether oxygens (including phenoxy) is 1. The molecule has 3 nitrogen and oxygen atoms in total. The molecule has 1 aliphatic heterocycles. The molecular formula is C16H32N2O. The highest BCUT2D eigenvalue weighted by Crippen LogP contribution is 2.38. The highest BCUT2D eigenvalue weighted by molar-refractivity contribution is 4.96. The van der Waals surface area contributed by atoms with Gasteiger partial charge in [0.2, 0.25) is 0 Å². The average Bonchev–Trinajstić information content (AvgIpc) is 2.46. The first kappa shape index (κ1) is 15.3. The molecule has 1 aliphatic carbocycles. The lowest BCUT2D eigenvalue weighted by molar-refractivity contribution is -0.0372. The third-order valence-electron chi connectivity index (χ3n) is 5.29. The van der Waals surface area contributed by atoms with Crippen LogP contribution in [0.2, 0.25) is 0 Å². The lowest BCUT2D eigenvalue weighted by atomic mass is 9.76. The molecule has 1 heterocycles. The summed E-state index contributed by atoms with van der Waals surface area (Å²) >= 11 is 0. The van der Waals surface area contributed by atoms with Gasteiger partial charge in [-0.15, -0.1) is 0 Å². The first-order chi connectivity index (χ1) is 9.20. The molecule has 2 N–H and O–H groups in total. The molecular weight excluding hydrogens is 236 g/mol. The van der Waals surface area contributed by atoms with Gasteiger partial charge in [-0.2, -0.15) is 0 Å². The molecule has 0 radical (unpaired) electrons. The predicted molar refractivity (Wildman–Crippen MR) is 80.3 cm³/mol. The molecule has 2 aliphatic rings. The van der Waals surface area contributed by atoms with Gasteiger partial charge >= 0.3 is 0 Å². The number of nitrogens with zero attached hydrogens (tertiary/aromatic N) is 1. The van der Waals surface area contributed by atoms with E-state index in [0.717, 1.165) is 13.0 Å². The smallest absolute Gasteiger partial charge is 0.0576 e. The highest BCUT2D eigenvalue weighted by atomic mass is 16.5. The fourth-order valence-electron chi connectivity index (χ4n) is 3.85. The summed E-state index contributed by atoms with van der Waals surface area (Å²) in [6.45, 7) is 7.89. The van der Waals surface area contributed by atoms with Gasteiger partial charge in [0.25, 0.3) is 0 Å². The average molecular weight is 268 g/mol. The van der Waals surface area contributed by atoms with Crippen LogP contribution in [0.25, 0.3) is 0 Å². The van der Waals surface area contributed by atoms with Crippen LogP contribution in [-0.4, -0.2) is 42.3 Å². The van der Waals surface area contributed by atoms with E-state index in [9.17, 15) is 0 Å². The van der Waals surface area contributed by atoms with Crippen LogP contribution in [0.5, 0.6) is 0 Å². The van der Waals surface area contributed by atoms with E-state index in [2.05, 4.69) is 18.7 Å². The van der Waals surface area contributed by atoms with Crippen LogP contribution < -0.4 is 5.73 Å². The molecule has 0 aromatic heterocycles. The summed E-state index contributed by atoms with van der Waals surface area (Å²) in [5.41, 5.74) is 6.49. The Morgan fingerprint density at radius 1 is 1.11 bits per heavy atom. The van der Waals surface area contributed by atoms with E-state index in [1.807, 2.05) is 0 Å². The van der Waals surface area contributed by atoms with Crippen LogP contribution in [-0.2, 0) is 4.74 Å². The summed E-state index contributed by atoms with van der Waals surface area (Å²) in [7, 11) is 0. The molecule has 1 saturated carbocycles. The monoisotopic (exact) mass is 268 g/mol. The van der Waals surface area contributed by atoms with Crippen LogP contribution in [0.15, 0.2) is 0 Å². The summed E-state index contributed by atoms with van der Waals surface area (Å²) in [4.78, 5) is 2.74. The Kier molecular flexibility index (Phi) is 5.67. The summed E-state index contributed by atoms with van der Waals surface area (Å²) in [5, 5.41) is 0. The van der Waals surface area contributed by atoms with Gasteiger partial charge in [0, 0.05) is 31.3 Å². The van der Waals surface area contributed by atoms with Crippen molar-refractivity contribution >= 4 is 0 Å². The Morgan fingerprint density at radius 2 is 1.74 bits per heavy atom. The molecule has 0 spiro atoms. The molecule has 2 fully saturated rings. The second kappa shape index (κ2) is 7.05. The molecule has 0 atom stereocenters. The molecule has 0 unspecified atom stereocenters. The molecule has 0 amide bonds. The zero-order chi connectivity index (χ0) is 13.7. The van der Waals surface area contributed by atoms with Crippen molar-refractivity contribution in [2.45, 2.75) is 82.9 Å². The van der Waals surface area contributed by atoms with Crippen molar-refractivity contribution in [1.82, 2.24) is 4.90 Å². The summed E-state index contributed by atoms with van der Waals surface area (Å²) in [5.74, 6) is 0. The topological polar surface area (TPSA) is 38.5 Å². The first-order valence-corrected chi connectivity index (χ1v) is 8.32. The Morgan fingerprint density at radius 3 is 2.26 bits per heavy atom. The van der Waals surface area contributed by atoms with Gasteiger partial charge in [-0.3, -0.25) is 4.90 Å². The second-order valence-electron chi connectivity index (χ2n) is 6.47. The molecule has 2 rings (SSSR count). The van der Waals surface area contributed by atoms with Gasteiger partial charge in [-0.1, -0.05) is 13.8 Å². The Bertz CT molecular complexity index is 253. The van der Waals surface area contributed by atoms with Crippen molar-refractivity contribution in [2.24, 2.45) is 5.73 Å². The van der Waals surface area contributed by atoms with Crippen molar-refractivity contribution in [3.05, 3.63) is 0 Å². The zero-order valence-electron chi connectivity index (χ0n) is 12.9. The van der Waals surface area contributed by atoms with E-state index in [-0.39, 0.29) is 0 Å². The highest BCUT2D eigenvalue weighted by Gasteiger charge is 2.39. The maximum absolute atomic E-state index is 6.04. The van der Waals surface area contributed by atoms with Crippen LogP contribution in [0.3, 0.4) is 0 Å². The third kappa shape index (κ3) is 3.71. The molecule has 19 heavy (non-hydrogen) atoms.